The van der Waals surface area contributed by atoms with Crippen LogP contribution in [0.5, 0.6) is 0 Å². The maximum absolute atomic E-state index is 11.0. The highest BCUT2D eigenvalue weighted by molar-refractivity contribution is 5.87. The molecule has 0 aliphatic rings. The van der Waals surface area contributed by atoms with E-state index in [0.717, 1.165) is 0 Å². The fourth-order valence-electron chi connectivity index (χ4n) is 1.15. The molecule has 0 aliphatic carbocycles. The Labute approximate surface area is 92.3 Å². The largest absolute Gasteiger partial charge is 0.478 e. The normalized spacial score (nSPS) is 9.19. The fraction of sp³-hybridized carbons (Fsp3) is 0.182. The van der Waals surface area contributed by atoms with Gasteiger partial charge in [-0.3, -0.25) is 4.79 Å². The van der Waals surface area contributed by atoms with E-state index >= 15 is 0 Å². The van der Waals surface area contributed by atoms with Crippen LogP contribution in [0.4, 0.5) is 0 Å². The number of carbonyl (C=O) groups excluding carboxylic acids is 1. The minimum absolute atomic E-state index is 0.173. The molecule has 1 aromatic carbocycles. The number of hydrogen-bond donors (Lipinski definition) is 2. The third-order valence-corrected chi connectivity index (χ3v) is 1.90. The molecular formula is C11H10N2O3. The molecule has 0 unspecified atom stereocenters. The summed E-state index contributed by atoms with van der Waals surface area (Å²) < 4.78 is 0. The van der Waals surface area contributed by atoms with Crippen LogP contribution < -0.4 is 5.32 Å². The first-order valence-corrected chi connectivity index (χ1v) is 4.59. The van der Waals surface area contributed by atoms with Gasteiger partial charge in [0.2, 0.25) is 5.91 Å². The standard InChI is InChI=1S/C11H10N2O3/c12-5-4-10(14)13-7-8-2-1-3-9(6-8)11(15)16/h1-3,6H,4,7H2,(H,13,14)(H,15,16). The molecule has 1 amide bonds. The van der Waals surface area contributed by atoms with E-state index in [0.29, 0.717) is 5.56 Å². The highest BCUT2D eigenvalue weighted by Gasteiger charge is 2.04. The summed E-state index contributed by atoms with van der Waals surface area (Å²) in [6, 6.07) is 8.00. The van der Waals surface area contributed by atoms with Crippen LogP contribution in [0.2, 0.25) is 0 Å². The summed E-state index contributed by atoms with van der Waals surface area (Å²) >= 11 is 0. The summed E-state index contributed by atoms with van der Waals surface area (Å²) in [6.45, 7) is 0.224. The monoisotopic (exact) mass is 218 g/mol. The van der Waals surface area contributed by atoms with E-state index in [1.165, 1.54) is 12.1 Å². The van der Waals surface area contributed by atoms with E-state index in [-0.39, 0.29) is 24.4 Å². The van der Waals surface area contributed by atoms with Crippen molar-refractivity contribution in [3.63, 3.8) is 0 Å². The first-order valence-electron chi connectivity index (χ1n) is 4.59. The average molecular weight is 218 g/mol. The predicted molar refractivity (Wildman–Crippen MR) is 55.5 cm³/mol. The summed E-state index contributed by atoms with van der Waals surface area (Å²) in [6.07, 6.45) is -0.196. The summed E-state index contributed by atoms with van der Waals surface area (Å²) in [5.41, 5.74) is 0.859. The first-order chi connectivity index (χ1) is 7.63. The molecular weight excluding hydrogens is 208 g/mol. The predicted octanol–water partition coefficient (Wildman–Crippen LogP) is 0.915. The first kappa shape index (κ1) is 11.7. The number of hydrogen-bond acceptors (Lipinski definition) is 3. The lowest BCUT2D eigenvalue weighted by molar-refractivity contribution is -0.120. The molecule has 5 heteroatoms. The second kappa shape index (κ2) is 5.51. The lowest BCUT2D eigenvalue weighted by Crippen LogP contribution is -2.21. The number of aromatic carboxylic acids is 1. The van der Waals surface area contributed by atoms with Crippen molar-refractivity contribution >= 4 is 11.9 Å². The number of amides is 1. The molecule has 5 nitrogen and oxygen atoms in total. The van der Waals surface area contributed by atoms with Gasteiger partial charge in [-0.15, -0.1) is 0 Å². The second-order valence-corrected chi connectivity index (χ2v) is 3.12. The molecule has 0 aromatic heterocycles. The number of carboxylic acids is 1. The van der Waals surface area contributed by atoms with Crippen molar-refractivity contribution in [2.75, 3.05) is 0 Å². The third kappa shape index (κ3) is 3.42. The van der Waals surface area contributed by atoms with Crippen LogP contribution in [0.1, 0.15) is 22.3 Å². The van der Waals surface area contributed by atoms with Crippen molar-refractivity contribution < 1.29 is 14.7 Å². The zero-order valence-electron chi connectivity index (χ0n) is 8.43. The lowest BCUT2D eigenvalue weighted by atomic mass is 10.1. The molecule has 0 heterocycles. The fourth-order valence-corrected chi connectivity index (χ4v) is 1.15. The molecule has 0 spiro atoms. The summed E-state index contributed by atoms with van der Waals surface area (Å²) in [5, 5.41) is 19.5. The molecule has 82 valence electrons. The Morgan fingerprint density at radius 1 is 1.44 bits per heavy atom. The van der Waals surface area contributed by atoms with E-state index in [9.17, 15) is 9.59 Å². The van der Waals surface area contributed by atoms with Gasteiger partial charge in [0.15, 0.2) is 0 Å². The topological polar surface area (TPSA) is 90.2 Å². The number of benzene rings is 1. The number of carbonyl (C=O) groups is 2. The van der Waals surface area contributed by atoms with Gasteiger partial charge in [0, 0.05) is 6.54 Å². The van der Waals surface area contributed by atoms with Crippen molar-refractivity contribution in [2.45, 2.75) is 13.0 Å². The zero-order chi connectivity index (χ0) is 12.0. The minimum atomic E-state index is -1.01. The Hall–Kier alpha value is -2.35. The molecule has 2 N–H and O–H groups in total. The van der Waals surface area contributed by atoms with Crippen molar-refractivity contribution in [3.05, 3.63) is 35.4 Å². The molecule has 0 radical (unpaired) electrons. The Bertz CT molecular complexity index is 449. The van der Waals surface area contributed by atoms with Gasteiger partial charge in [-0.2, -0.15) is 5.26 Å². The van der Waals surface area contributed by atoms with Crippen LogP contribution in [0, 0.1) is 11.3 Å². The van der Waals surface area contributed by atoms with Crippen molar-refractivity contribution in [3.8, 4) is 6.07 Å². The molecule has 0 aliphatic heterocycles. The van der Waals surface area contributed by atoms with E-state index in [2.05, 4.69) is 5.32 Å². The quantitative estimate of drug-likeness (QED) is 0.786. The van der Waals surface area contributed by atoms with Gasteiger partial charge >= 0.3 is 5.97 Å². The van der Waals surface area contributed by atoms with Gasteiger partial charge in [0.25, 0.3) is 0 Å². The van der Waals surface area contributed by atoms with Crippen LogP contribution >= 0.6 is 0 Å². The minimum Gasteiger partial charge on any atom is -0.478 e. The summed E-state index contributed by atoms with van der Waals surface area (Å²) in [5.74, 6) is -1.38. The molecule has 0 atom stereocenters. The summed E-state index contributed by atoms with van der Waals surface area (Å²) in [7, 11) is 0. The number of nitrogens with one attached hydrogen (secondary N) is 1. The van der Waals surface area contributed by atoms with E-state index in [1.54, 1.807) is 18.2 Å². The van der Waals surface area contributed by atoms with Crippen molar-refractivity contribution in [1.29, 1.82) is 5.26 Å². The molecule has 0 saturated carbocycles. The van der Waals surface area contributed by atoms with Gasteiger partial charge in [0.05, 0.1) is 11.6 Å². The van der Waals surface area contributed by atoms with Crippen LogP contribution in [-0.2, 0) is 11.3 Å². The maximum atomic E-state index is 11.0. The molecule has 0 saturated heterocycles. The Kier molecular flexibility index (Phi) is 4.04. The number of rotatable bonds is 4. The van der Waals surface area contributed by atoms with E-state index < -0.39 is 5.97 Å². The number of nitrogens with zero attached hydrogens (tertiary/aromatic N) is 1. The Balaban J connectivity index is 2.61. The van der Waals surface area contributed by atoms with Gasteiger partial charge < -0.3 is 10.4 Å². The molecule has 1 aromatic rings. The van der Waals surface area contributed by atoms with Crippen molar-refractivity contribution in [1.82, 2.24) is 5.32 Å². The highest BCUT2D eigenvalue weighted by Crippen LogP contribution is 2.05. The van der Waals surface area contributed by atoms with E-state index in [1.807, 2.05) is 0 Å². The van der Waals surface area contributed by atoms with Gasteiger partial charge in [-0.1, -0.05) is 12.1 Å². The summed E-state index contributed by atoms with van der Waals surface area (Å²) in [4.78, 5) is 21.6. The lowest BCUT2D eigenvalue weighted by Gasteiger charge is -2.03. The SMILES string of the molecule is N#CCC(=O)NCc1cccc(C(=O)O)c1. The number of nitriles is 1. The van der Waals surface area contributed by atoms with Gasteiger partial charge in [-0.25, -0.2) is 4.79 Å². The molecule has 1 rings (SSSR count). The third-order valence-electron chi connectivity index (χ3n) is 1.90. The second-order valence-electron chi connectivity index (χ2n) is 3.12. The van der Waals surface area contributed by atoms with Crippen LogP contribution in [0.3, 0.4) is 0 Å². The maximum Gasteiger partial charge on any atom is 0.335 e. The van der Waals surface area contributed by atoms with E-state index in [4.69, 9.17) is 10.4 Å². The zero-order valence-corrected chi connectivity index (χ0v) is 8.43. The van der Waals surface area contributed by atoms with Crippen LogP contribution in [0.15, 0.2) is 24.3 Å². The smallest absolute Gasteiger partial charge is 0.335 e. The van der Waals surface area contributed by atoms with Crippen LogP contribution in [-0.4, -0.2) is 17.0 Å². The Morgan fingerprint density at radius 3 is 2.81 bits per heavy atom. The van der Waals surface area contributed by atoms with Crippen LogP contribution in [0.25, 0.3) is 0 Å². The molecule has 0 bridgehead atoms. The average Bonchev–Trinajstić information content (AvgIpc) is 2.27. The molecule has 16 heavy (non-hydrogen) atoms. The molecule has 0 fully saturated rings. The Morgan fingerprint density at radius 2 is 2.19 bits per heavy atom. The van der Waals surface area contributed by atoms with Gasteiger partial charge in [0.1, 0.15) is 6.42 Å². The van der Waals surface area contributed by atoms with Crippen molar-refractivity contribution in [2.24, 2.45) is 0 Å². The van der Waals surface area contributed by atoms with Gasteiger partial charge in [-0.05, 0) is 17.7 Å². The highest BCUT2D eigenvalue weighted by atomic mass is 16.4. The number of carboxylic acid groups (broad SMARTS) is 1.